The highest BCUT2D eigenvalue weighted by Crippen LogP contribution is 2.60. The van der Waals surface area contributed by atoms with E-state index in [0.29, 0.717) is 5.91 Å². The van der Waals surface area contributed by atoms with Crippen LogP contribution in [0.3, 0.4) is 0 Å². The Bertz CT molecular complexity index is 553. The van der Waals surface area contributed by atoms with Gasteiger partial charge in [0.25, 0.3) is 0 Å². The number of amides is 1. The number of benzene rings is 1. The van der Waals surface area contributed by atoms with E-state index in [2.05, 4.69) is 43.4 Å². The van der Waals surface area contributed by atoms with E-state index >= 15 is 0 Å². The van der Waals surface area contributed by atoms with E-state index in [1.165, 1.54) is 30.4 Å². The number of carbonyl (C=O) groups is 1. The molecule has 0 saturated heterocycles. The summed E-state index contributed by atoms with van der Waals surface area (Å²) in [7, 11) is 0. The average Bonchev–Trinajstić information content (AvgIpc) is 2.53. The Morgan fingerprint density at radius 3 is 2.09 bits per heavy atom. The monoisotopic (exact) mass is 311 g/mol. The molecule has 1 unspecified atom stereocenters. The van der Waals surface area contributed by atoms with E-state index in [4.69, 9.17) is 0 Å². The van der Waals surface area contributed by atoms with Crippen molar-refractivity contribution in [2.75, 3.05) is 0 Å². The lowest BCUT2D eigenvalue weighted by atomic mass is 9.49. The largest absolute Gasteiger partial charge is 0.349 e. The lowest BCUT2D eigenvalue weighted by Gasteiger charge is -2.55. The van der Waals surface area contributed by atoms with Gasteiger partial charge in [-0.05, 0) is 80.8 Å². The van der Waals surface area contributed by atoms with Gasteiger partial charge < -0.3 is 5.32 Å². The predicted molar refractivity (Wildman–Crippen MR) is 93.0 cm³/mol. The van der Waals surface area contributed by atoms with Crippen LogP contribution in [0.4, 0.5) is 0 Å². The minimum absolute atomic E-state index is 0.0353. The summed E-state index contributed by atoms with van der Waals surface area (Å²) in [5, 5.41) is 3.35. The van der Waals surface area contributed by atoms with Crippen molar-refractivity contribution in [1.29, 1.82) is 0 Å². The molecule has 4 bridgehead atoms. The van der Waals surface area contributed by atoms with Crippen LogP contribution in [0.5, 0.6) is 0 Å². The molecule has 2 heteroatoms. The van der Waals surface area contributed by atoms with Gasteiger partial charge in [-0.15, -0.1) is 0 Å². The Balaban J connectivity index is 1.46. The van der Waals surface area contributed by atoms with Gasteiger partial charge in [-0.2, -0.15) is 0 Å². The summed E-state index contributed by atoms with van der Waals surface area (Å²) in [4.78, 5) is 13.1. The van der Waals surface area contributed by atoms with Crippen LogP contribution in [-0.2, 0) is 11.2 Å². The molecule has 1 N–H and O–H groups in total. The maximum atomic E-state index is 13.1. The third kappa shape index (κ3) is 2.70. The third-order valence-electron chi connectivity index (χ3n) is 6.76. The van der Waals surface area contributed by atoms with Crippen LogP contribution in [0.15, 0.2) is 24.3 Å². The van der Waals surface area contributed by atoms with Crippen LogP contribution in [0.1, 0.15) is 69.5 Å². The van der Waals surface area contributed by atoms with Crippen LogP contribution >= 0.6 is 0 Å². The lowest BCUT2D eigenvalue weighted by Crippen LogP contribution is -2.53. The third-order valence-corrected chi connectivity index (χ3v) is 6.76. The van der Waals surface area contributed by atoms with Gasteiger partial charge in [-0.1, -0.05) is 31.2 Å². The summed E-state index contributed by atoms with van der Waals surface area (Å²) < 4.78 is 0. The number of hydrogen-bond donors (Lipinski definition) is 1. The molecule has 1 aromatic rings. The summed E-state index contributed by atoms with van der Waals surface area (Å²) in [6, 6.07) is 8.82. The normalized spacial score (nSPS) is 36.0. The fourth-order valence-corrected chi connectivity index (χ4v) is 5.86. The van der Waals surface area contributed by atoms with Gasteiger partial charge in [0.1, 0.15) is 0 Å². The SMILES string of the molecule is CCc1ccc(C(C)NC(=O)C23CC4CC(CC(C4)C2)C3)cc1. The molecular formula is C21H29NO. The molecule has 4 saturated carbocycles. The molecule has 4 aliphatic carbocycles. The Labute approximate surface area is 140 Å². The molecule has 0 aromatic heterocycles. The number of hydrogen-bond acceptors (Lipinski definition) is 1. The maximum absolute atomic E-state index is 13.1. The van der Waals surface area contributed by atoms with Gasteiger partial charge >= 0.3 is 0 Å². The van der Waals surface area contributed by atoms with Crippen molar-refractivity contribution in [1.82, 2.24) is 5.32 Å². The van der Waals surface area contributed by atoms with Gasteiger partial charge in [-0.25, -0.2) is 0 Å². The fraction of sp³-hybridized carbons (Fsp3) is 0.667. The van der Waals surface area contributed by atoms with Crippen molar-refractivity contribution >= 4 is 5.91 Å². The molecule has 4 fully saturated rings. The van der Waals surface area contributed by atoms with Crippen LogP contribution in [0, 0.1) is 23.2 Å². The molecule has 1 amide bonds. The van der Waals surface area contributed by atoms with E-state index in [0.717, 1.165) is 43.4 Å². The Morgan fingerprint density at radius 2 is 1.61 bits per heavy atom. The summed E-state index contributed by atoms with van der Waals surface area (Å²) in [6.45, 7) is 4.30. The van der Waals surface area contributed by atoms with E-state index in [1.807, 2.05) is 0 Å². The van der Waals surface area contributed by atoms with Gasteiger partial charge in [0.2, 0.25) is 5.91 Å². The van der Waals surface area contributed by atoms with E-state index in [-0.39, 0.29) is 11.5 Å². The topological polar surface area (TPSA) is 29.1 Å². The zero-order valence-electron chi connectivity index (χ0n) is 14.5. The smallest absolute Gasteiger partial charge is 0.226 e. The van der Waals surface area contributed by atoms with E-state index in [9.17, 15) is 4.79 Å². The van der Waals surface area contributed by atoms with Gasteiger partial charge in [0.15, 0.2) is 0 Å². The molecule has 23 heavy (non-hydrogen) atoms. The lowest BCUT2D eigenvalue weighted by molar-refractivity contribution is -0.147. The Kier molecular flexibility index (Phi) is 3.74. The first-order chi connectivity index (χ1) is 11.1. The fourth-order valence-electron chi connectivity index (χ4n) is 5.86. The van der Waals surface area contributed by atoms with Crippen molar-refractivity contribution in [3.05, 3.63) is 35.4 Å². The van der Waals surface area contributed by atoms with Crippen molar-refractivity contribution in [3.8, 4) is 0 Å². The molecule has 1 atom stereocenters. The van der Waals surface area contributed by atoms with Gasteiger partial charge in [0.05, 0.1) is 6.04 Å². The van der Waals surface area contributed by atoms with Gasteiger partial charge in [0, 0.05) is 5.41 Å². The van der Waals surface area contributed by atoms with Crippen LogP contribution in [0.25, 0.3) is 0 Å². The predicted octanol–water partition coefficient (Wildman–Crippen LogP) is 4.64. The Hall–Kier alpha value is -1.31. The average molecular weight is 311 g/mol. The highest BCUT2D eigenvalue weighted by atomic mass is 16.2. The molecule has 0 spiro atoms. The van der Waals surface area contributed by atoms with Crippen molar-refractivity contribution in [2.45, 2.75) is 64.8 Å². The summed E-state index contributed by atoms with van der Waals surface area (Å²) >= 11 is 0. The molecule has 2 nitrogen and oxygen atoms in total. The van der Waals surface area contributed by atoms with Crippen molar-refractivity contribution in [2.24, 2.45) is 23.2 Å². The number of rotatable bonds is 4. The number of aryl methyl sites for hydroxylation is 1. The molecule has 0 radical (unpaired) electrons. The molecular weight excluding hydrogens is 282 g/mol. The quantitative estimate of drug-likeness (QED) is 0.862. The molecule has 0 aliphatic heterocycles. The second-order valence-corrected chi connectivity index (χ2v) is 8.49. The zero-order chi connectivity index (χ0) is 16.0. The maximum Gasteiger partial charge on any atom is 0.226 e. The van der Waals surface area contributed by atoms with Crippen LogP contribution in [0.2, 0.25) is 0 Å². The number of nitrogens with one attached hydrogen (secondary N) is 1. The minimum atomic E-state index is -0.0353. The van der Waals surface area contributed by atoms with Crippen LogP contribution in [-0.4, -0.2) is 5.91 Å². The summed E-state index contributed by atoms with van der Waals surface area (Å²) in [6.07, 6.45) is 8.67. The second kappa shape index (κ2) is 5.65. The molecule has 0 heterocycles. The zero-order valence-corrected chi connectivity index (χ0v) is 14.5. The molecule has 124 valence electrons. The molecule has 1 aromatic carbocycles. The highest BCUT2D eigenvalue weighted by molar-refractivity contribution is 5.83. The first-order valence-electron chi connectivity index (χ1n) is 9.48. The van der Waals surface area contributed by atoms with Crippen molar-refractivity contribution < 1.29 is 4.79 Å². The molecule has 5 rings (SSSR count). The van der Waals surface area contributed by atoms with E-state index in [1.54, 1.807) is 0 Å². The molecule has 4 aliphatic rings. The standard InChI is InChI=1S/C21H29NO/c1-3-15-4-6-19(7-5-15)14(2)22-20(23)21-11-16-8-17(12-21)10-18(9-16)13-21/h4-7,14,16-18H,3,8-13H2,1-2H3,(H,22,23). The first kappa shape index (κ1) is 15.2. The Morgan fingerprint density at radius 1 is 1.09 bits per heavy atom. The number of carbonyl (C=O) groups excluding carboxylic acids is 1. The summed E-state index contributed by atoms with van der Waals surface area (Å²) in [5.41, 5.74) is 2.54. The first-order valence-corrected chi connectivity index (χ1v) is 9.48. The second-order valence-electron chi connectivity index (χ2n) is 8.49. The van der Waals surface area contributed by atoms with E-state index < -0.39 is 0 Å². The highest BCUT2D eigenvalue weighted by Gasteiger charge is 2.54. The summed E-state index contributed by atoms with van der Waals surface area (Å²) in [5.74, 6) is 2.81. The van der Waals surface area contributed by atoms with Crippen LogP contribution < -0.4 is 5.32 Å². The minimum Gasteiger partial charge on any atom is -0.349 e. The van der Waals surface area contributed by atoms with Gasteiger partial charge in [-0.3, -0.25) is 4.79 Å². The van der Waals surface area contributed by atoms with Crippen molar-refractivity contribution in [3.63, 3.8) is 0 Å².